The number of hydrogen-bond donors (Lipinski definition) is 1. The molecule has 0 aliphatic heterocycles. The Hall–Kier alpha value is -0.110. The van der Waals surface area contributed by atoms with Crippen molar-refractivity contribution in [2.75, 3.05) is 5.32 Å². The second-order valence-corrected chi connectivity index (χ2v) is 8.46. The Labute approximate surface area is 136 Å². The Morgan fingerprint density at radius 1 is 1.05 bits per heavy atom. The first-order valence-corrected chi connectivity index (χ1v) is 8.28. The Bertz CT molecular complexity index is 550. The van der Waals surface area contributed by atoms with Crippen molar-refractivity contribution in [1.82, 2.24) is 0 Å². The van der Waals surface area contributed by atoms with Crippen LogP contribution in [-0.2, 0) is 0 Å². The molecule has 0 radical (unpaired) electrons. The third kappa shape index (κ3) is 2.14. The molecule has 0 spiro atoms. The Morgan fingerprint density at radius 2 is 1.70 bits per heavy atom. The van der Waals surface area contributed by atoms with Gasteiger partial charge in [0, 0.05) is 6.04 Å². The fourth-order valence-electron chi connectivity index (χ4n) is 4.45. The maximum atomic E-state index is 6.31. The van der Waals surface area contributed by atoms with Crippen molar-refractivity contribution in [1.29, 1.82) is 0 Å². The maximum Gasteiger partial charge on any atom is 0.0653 e. The molecular weight excluding hydrogens is 313 g/mol. The molecular formula is C16H20Cl3N. The molecule has 0 saturated heterocycles. The average molecular weight is 333 g/mol. The van der Waals surface area contributed by atoms with Crippen LogP contribution in [0.2, 0.25) is 15.1 Å². The minimum atomic E-state index is 0.280. The highest BCUT2D eigenvalue weighted by molar-refractivity contribution is 6.44. The van der Waals surface area contributed by atoms with E-state index < -0.39 is 0 Å². The van der Waals surface area contributed by atoms with E-state index in [1.165, 1.54) is 19.3 Å². The molecule has 1 aromatic carbocycles. The Kier molecular flexibility index (Phi) is 3.48. The van der Waals surface area contributed by atoms with E-state index in [1.54, 1.807) is 6.07 Å². The lowest BCUT2D eigenvalue weighted by molar-refractivity contribution is 0.155. The first kappa shape index (κ1) is 14.8. The van der Waals surface area contributed by atoms with Crippen LogP contribution in [0.5, 0.6) is 0 Å². The molecule has 110 valence electrons. The number of hydrogen-bond acceptors (Lipinski definition) is 1. The van der Waals surface area contributed by atoms with E-state index in [9.17, 15) is 0 Å². The quantitative estimate of drug-likeness (QED) is 0.629. The summed E-state index contributed by atoms with van der Waals surface area (Å²) >= 11 is 18.4. The van der Waals surface area contributed by atoms with Gasteiger partial charge in [-0.25, -0.2) is 0 Å². The number of nitrogens with one attached hydrogen (secondary N) is 1. The van der Waals surface area contributed by atoms with Crippen molar-refractivity contribution in [3.05, 3.63) is 27.2 Å². The summed E-state index contributed by atoms with van der Waals surface area (Å²) in [5, 5.41) is 5.35. The highest BCUT2D eigenvalue weighted by atomic mass is 35.5. The third-order valence-corrected chi connectivity index (χ3v) is 6.61. The zero-order valence-corrected chi connectivity index (χ0v) is 14.3. The fourth-order valence-corrected chi connectivity index (χ4v) is 5.05. The highest BCUT2D eigenvalue weighted by Gasteiger charge is 2.59. The summed E-state index contributed by atoms with van der Waals surface area (Å²) in [4.78, 5) is 0. The van der Waals surface area contributed by atoms with E-state index >= 15 is 0 Å². The summed E-state index contributed by atoms with van der Waals surface area (Å²) in [7, 11) is 0. The monoisotopic (exact) mass is 331 g/mol. The van der Waals surface area contributed by atoms with Gasteiger partial charge in [-0.05, 0) is 48.1 Å². The van der Waals surface area contributed by atoms with Crippen LogP contribution < -0.4 is 5.32 Å². The number of anilines is 1. The third-order valence-electron chi connectivity index (χ3n) is 5.58. The summed E-state index contributed by atoms with van der Waals surface area (Å²) in [6, 6.07) is 3.98. The lowest BCUT2D eigenvalue weighted by Gasteiger charge is -2.43. The van der Waals surface area contributed by atoms with Crippen molar-refractivity contribution in [2.24, 2.45) is 16.7 Å². The summed E-state index contributed by atoms with van der Waals surface area (Å²) in [6.07, 6.45) is 3.94. The van der Waals surface area contributed by atoms with E-state index in [0.29, 0.717) is 26.5 Å². The van der Waals surface area contributed by atoms with Crippen molar-refractivity contribution < 1.29 is 0 Å². The lowest BCUT2D eigenvalue weighted by Crippen LogP contribution is -2.45. The molecule has 3 atom stereocenters. The van der Waals surface area contributed by atoms with Crippen molar-refractivity contribution >= 4 is 40.5 Å². The van der Waals surface area contributed by atoms with E-state index in [4.69, 9.17) is 34.8 Å². The predicted octanol–water partition coefficient (Wildman–Crippen LogP) is 6.27. The van der Waals surface area contributed by atoms with Crippen molar-refractivity contribution in [3.8, 4) is 0 Å². The zero-order valence-electron chi connectivity index (χ0n) is 12.1. The number of fused-ring (bicyclic) bond motifs is 2. The van der Waals surface area contributed by atoms with Crippen molar-refractivity contribution in [2.45, 2.75) is 46.1 Å². The number of rotatable bonds is 2. The molecule has 2 saturated carbocycles. The van der Waals surface area contributed by atoms with E-state index in [-0.39, 0.29) is 5.41 Å². The molecule has 3 rings (SSSR count). The van der Waals surface area contributed by atoms with Crippen LogP contribution >= 0.6 is 34.8 Å². The first-order valence-electron chi connectivity index (χ1n) is 7.15. The molecule has 0 amide bonds. The standard InChI is InChI=1S/C16H20Cl3N/c1-15(2)9-4-5-16(3,8-9)14(15)20-13-7-11(18)10(17)6-12(13)19/h6-7,9,14,20H,4-5,8H2,1-3H3. The number of halogens is 3. The molecule has 0 aromatic heterocycles. The maximum absolute atomic E-state index is 6.31. The van der Waals surface area contributed by atoms with Crippen LogP contribution in [0, 0.1) is 16.7 Å². The van der Waals surface area contributed by atoms with Crippen LogP contribution in [0.3, 0.4) is 0 Å². The van der Waals surface area contributed by atoms with Gasteiger partial charge >= 0.3 is 0 Å². The minimum absolute atomic E-state index is 0.280. The van der Waals surface area contributed by atoms with Gasteiger partial charge in [0.15, 0.2) is 0 Å². The van der Waals surface area contributed by atoms with Crippen LogP contribution in [0.25, 0.3) is 0 Å². The molecule has 1 nitrogen and oxygen atoms in total. The second kappa shape index (κ2) is 4.69. The Balaban J connectivity index is 1.93. The van der Waals surface area contributed by atoms with Gasteiger partial charge in [-0.1, -0.05) is 55.6 Å². The van der Waals surface area contributed by atoms with Gasteiger partial charge in [-0.2, -0.15) is 0 Å². The van der Waals surface area contributed by atoms with Gasteiger partial charge in [0.2, 0.25) is 0 Å². The summed E-state index contributed by atoms with van der Waals surface area (Å²) in [5.74, 6) is 0.798. The first-order chi connectivity index (χ1) is 9.24. The smallest absolute Gasteiger partial charge is 0.0653 e. The molecule has 2 bridgehead atoms. The normalized spacial score (nSPS) is 34.5. The molecule has 3 unspecified atom stereocenters. The average Bonchev–Trinajstić information content (AvgIpc) is 2.82. The predicted molar refractivity (Wildman–Crippen MR) is 88.1 cm³/mol. The lowest BCUT2D eigenvalue weighted by atomic mass is 9.68. The molecule has 0 heterocycles. The molecule has 4 heteroatoms. The van der Waals surface area contributed by atoms with Crippen molar-refractivity contribution in [3.63, 3.8) is 0 Å². The van der Waals surface area contributed by atoms with Gasteiger partial charge in [-0.3, -0.25) is 0 Å². The zero-order chi connectivity index (χ0) is 14.7. The fraction of sp³-hybridized carbons (Fsp3) is 0.625. The molecule has 1 N–H and O–H groups in total. The van der Waals surface area contributed by atoms with Gasteiger partial charge in [-0.15, -0.1) is 0 Å². The molecule has 1 aromatic rings. The topological polar surface area (TPSA) is 12.0 Å². The summed E-state index contributed by atoms with van der Waals surface area (Å²) in [5.41, 5.74) is 1.53. The van der Waals surface area contributed by atoms with Gasteiger partial charge in [0.25, 0.3) is 0 Å². The molecule has 2 fully saturated rings. The summed E-state index contributed by atoms with van der Waals surface area (Å²) in [6.45, 7) is 7.13. The van der Waals surface area contributed by atoms with Crippen LogP contribution in [0.4, 0.5) is 5.69 Å². The SMILES string of the molecule is CC12CCC(C1)C(C)(C)C2Nc1cc(Cl)c(Cl)cc1Cl. The second-order valence-electron chi connectivity index (χ2n) is 7.24. The van der Waals surface area contributed by atoms with Crippen LogP contribution in [0.15, 0.2) is 12.1 Å². The largest absolute Gasteiger partial charge is 0.380 e. The van der Waals surface area contributed by atoms with Gasteiger partial charge < -0.3 is 5.32 Å². The van der Waals surface area contributed by atoms with Gasteiger partial charge in [0.05, 0.1) is 20.8 Å². The van der Waals surface area contributed by atoms with Gasteiger partial charge in [0.1, 0.15) is 0 Å². The molecule has 2 aliphatic carbocycles. The molecule has 20 heavy (non-hydrogen) atoms. The Morgan fingerprint density at radius 3 is 2.30 bits per heavy atom. The number of benzene rings is 1. The summed E-state index contributed by atoms with van der Waals surface area (Å²) < 4.78 is 0. The highest BCUT2D eigenvalue weighted by Crippen LogP contribution is 2.63. The minimum Gasteiger partial charge on any atom is -0.380 e. The van der Waals surface area contributed by atoms with Crippen LogP contribution in [-0.4, -0.2) is 6.04 Å². The van der Waals surface area contributed by atoms with E-state index in [2.05, 4.69) is 26.1 Å². The van der Waals surface area contributed by atoms with E-state index in [1.807, 2.05) is 6.07 Å². The van der Waals surface area contributed by atoms with Crippen LogP contribution in [0.1, 0.15) is 40.0 Å². The molecule has 2 aliphatic rings. The van der Waals surface area contributed by atoms with E-state index in [0.717, 1.165) is 11.6 Å².